The zero-order valence-electron chi connectivity index (χ0n) is 14.4. The van der Waals surface area contributed by atoms with Crippen molar-refractivity contribution in [2.45, 2.75) is 57.5 Å². The number of nitrogens with zero attached hydrogens (tertiary/aromatic N) is 2. The summed E-state index contributed by atoms with van der Waals surface area (Å²) in [5, 5.41) is 2.79. The van der Waals surface area contributed by atoms with E-state index in [4.69, 9.17) is 0 Å². The predicted octanol–water partition coefficient (Wildman–Crippen LogP) is 1.48. The summed E-state index contributed by atoms with van der Waals surface area (Å²) in [5.41, 5.74) is 0. The second kappa shape index (κ2) is 6.58. The van der Waals surface area contributed by atoms with Gasteiger partial charge in [0, 0.05) is 38.0 Å². The minimum Gasteiger partial charge on any atom is -0.355 e. The van der Waals surface area contributed by atoms with Crippen molar-refractivity contribution in [3.63, 3.8) is 0 Å². The van der Waals surface area contributed by atoms with Crippen molar-refractivity contribution in [1.29, 1.82) is 0 Å². The third kappa shape index (κ3) is 3.87. The van der Waals surface area contributed by atoms with Crippen LogP contribution in [0, 0.1) is 11.8 Å². The second-order valence-corrected chi connectivity index (χ2v) is 7.89. The van der Waals surface area contributed by atoms with Gasteiger partial charge < -0.3 is 10.2 Å². The zero-order valence-corrected chi connectivity index (χ0v) is 14.4. The number of alkyl halides is 2. The molecule has 3 fully saturated rings. The normalized spacial score (nSPS) is 27.4. The van der Waals surface area contributed by atoms with Crippen LogP contribution in [0.5, 0.6) is 0 Å². The Balaban J connectivity index is 1.54. The van der Waals surface area contributed by atoms with Crippen molar-refractivity contribution >= 4 is 11.8 Å². The summed E-state index contributed by atoms with van der Waals surface area (Å²) >= 11 is 0. The van der Waals surface area contributed by atoms with Crippen LogP contribution in [0.25, 0.3) is 0 Å². The average molecular weight is 343 g/mol. The number of halogens is 2. The number of hydrogen-bond donors (Lipinski definition) is 1. The van der Waals surface area contributed by atoms with E-state index in [1.807, 2.05) is 0 Å². The summed E-state index contributed by atoms with van der Waals surface area (Å²) < 4.78 is 27.7. The van der Waals surface area contributed by atoms with Gasteiger partial charge in [-0.3, -0.25) is 14.5 Å². The van der Waals surface area contributed by atoms with Crippen molar-refractivity contribution in [3.8, 4) is 0 Å². The maximum absolute atomic E-state index is 13.9. The van der Waals surface area contributed by atoms with Crippen LogP contribution < -0.4 is 5.32 Å². The first-order valence-electron chi connectivity index (χ1n) is 8.97. The SMILES string of the molecule is CC(C)CCNC(=O)[C@@H]1CC(F)(F)CN1C1CN(C(=O)C2CC2)C1. The quantitative estimate of drug-likeness (QED) is 0.795. The Kier molecular flexibility index (Phi) is 4.82. The fraction of sp³-hybridized carbons (Fsp3) is 0.882. The molecular formula is C17H27F2N3O2. The number of nitrogens with one attached hydrogen (secondary N) is 1. The Labute approximate surface area is 141 Å². The van der Waals surface area contributed by atoms with Gasteiger partial charge in [0.05, 0.1) is 12.6 Å². The fourth-order valence-corrected chi connectivity index (χ4v) is 3.50. The first-order valence-corrected chi connectivity index (χ1v) is 8.97. The highest BCUT2D eigenvalue weighted by molar-refractivity contribution is 5.83. The molecule has 1 atom stereocenters. The highest BCUT2D eigenvalue weighted by Crippen LogP contribution is 2.37. The van der Waals surface area contributed by atoms with E-state index in [0.717, 1.165) is 19.3 Å². The van der Waals surface area contributed by atoms with Crippen LogP contribution in [0.1, 0.15) is 39.5 Å². The molecule has 2 amide bonds. The number of carbonyl (C=O) groups is 2. The third-order valence-electron chi connectivity index (χ3n) is 5.20. The molecule has 2 heterocycles. The summed E-state index contributed by atoms with van der Waals surface area (Å²) in [5.74, 6) is -2.38. The van der Waals surface area contributed by atoms with Crippen molar-refractivity contribution in [3.05, 3.63) is 0 Å². The third-order valence-corrected chi connectivity index (χ3v) is 5.20. The van der Waals surface area contributed by atoms with Gasteiger partial charge in [-0.1, -0.05) is 13.8 Å². The largest absolute Gasteiger partial charge is 0.355 e. The molecule has 0 spiro atoms. The molecule has 5 nitrogen and oxygen atoms in total. The molecule has 2 aliphatic heterocycles. The van der Waals surface area contributed by atoms with E-state index < -0.39 is 18.4 Å². The van der Waals surface area contributed by atoms with Gasteiger partial charge in [0.2, 0.25) is 11.8 Å². The molecule has 136 valence electrons. The van der Waals surface area contributed by atoms with E-state index >= 15 is 0 Å². The Morgan fingerprint density at radius 1 is 1.25 bits per heavy atom. The second-order valence-electron chi connectivity index (χ2n) is 7.89. The highest BCUT2D eigenvalue weighted by atomic mass is 19.3. The Morgan fingerprint density at radius 2 is 1.92 bits per heavy atom. The molecule has 0 aromatic rings. The van der Waals surface area contributed by atoms with Crippen molar-refractivity contribution < 1.29 is 18.4 Å². The Bertz CT molecular complexity index is 502. The van der Waals surface area contributed by atoms with Gasteiger partial charge in [-0.25, -0.2) is 8.78 Å². The number of amides is 2. The topological polar surface area (TPSA) is 52.7 Å². The first kappa shape index (κ1) is 17.6. The first-order chi connectivity index (χ1) is 11.3. The summed E-state index contributed by atoms with van der Waals surface area (Å²) in [4.78, 5) is 27.7. The molecule has 3 aliphatic rings. The van der Waals surface area contributed by atoms with Crippen LogP contribution in [-0.4, -0.2) is 65.8 Å². The number of carbonyl (C=O) groups excluding carboxylic acids is 2. The standard InChI is InChI=1S/C17H27F2N3O2/c1-11(2)5-6-20-15(23)14-7-17(18,19)10-22(14)13-8-21(9-13)16(24)12-3-4-12/h11-14H,3-10H2,1-2H3,(H,20,23)/t14-/m0/s1. The Morgan fingerprint density at radius 3 is 2.50 bits per heavy atom. The van der Waals surface area contributed by atoms with Crippen LogP contribution in [-0.2, 0) is 9.59 Å². The van der Waals surface area contributed by atoms with Gasteiger partial charge in [-0.05, 0) is 25.2 Å². The molecule has 7 heteroatoms. The maximum atomic E-state index is 13.9. The van der Waals surface area contributed by atoms with Crippen molar-refractivity contribution in [2.24, 2.45) is 11.8 Å². The van der Waals surface area contributed by atoms with Gasteiger partial charge in [-0.15, -0.1) is 0 Å². The average Bonchev–Trinajstić information content (AvgIpc) is 3.21. The number of hydrogen-bond acceptors (Lipinski definition) is 3. The molecule has 1 saturated carbocycles. The van der Waals surface area contributed by atoms with Crippen LogP contribution >= 0.6 is 0 Å². The number of rotatable bonds is 6. The van der Waals surface area contributed by atoms with Gasteiger partial charge in [0.25, 0.3) is 5.92 Å². The lowest BCUT2D eigenvalue weighted by atomic mass is 10.0. The summed E-state index contributed by atoms with van der Waals surface area (Å²) in [7, 11) is 0. The van der Waals surface area contributed by atoms with Crippen molar-refractivity contribution in [1.82, 2.24) is 15.1 Å². The van der Waals surface area contributed by atoms with E-state index in [-0.39, 0.29) is 30.3 Å². The minimum atomic E-state index is -2.83. The monoisotopic (exact) mass is 343 g/mol. The lowest BCUT2D eigenvalue weighted by molar-refractivity contribution is -0.141. The van der Waals surface area contributed by atoms with Crippen LogP contribution in [0.3, 0.4) is 0 Å². The van der Waals surface area contributed by atoms with Gasteiger partial charge in [-0.2, -0.15) is 0 Å². The van der Waals surface area contributed by atoms with Crippen LogP contribution in [0.15, 0.2) is 0 Å². The lowest BCUT2D eigenvalue weighted by Crippen LogP contribution is -2.64. The molecule has 1 aliphatic carbocycles. The summed E-state index contributed by atoms with van der Waals surface area (Å²) in [6.07, 6.45) is 2.31. The lowest BCUT2D eigenvalue weighted by Gasteiger charge is -2.45. The summed E-state index contributed by atoms with van der Waals surface area (Å²) in [6.45, 7) is 5.20. The smallest absolute Gasteiger partial charge is 0.262 e. The van der Waals surface area contributed by atoms with Gasteiger partial charge in [0.1, 0.15) is 0 Å². The molecule has 0 radical (unpaired) electrons. The van der Waals surface area contributed by atoms with Crippen LogP contribution in [0.4, 0.5) is 8.78 Å². The van der Waals surface area contributed by atoms with E-state index in [1.165, 1.54) is 0 Å². The van der Waals surface area contributed by atoms with Crippen LogP contribution in [0.2, 0.25) is 0 Å². The van der Waals surface area contributed by atoms with E-state index in [9.17, 15) is 18.4 Å². The Hall–Kier alpha value is -1.24. The molecule has 0 unspecified atom stereocenters. The van der Waals surface area contributed by atoms with Gasteiger partial charge in [0.15, 0.2) is 0 Å². The van der Waals surface area contributed by atoms with E-state index in [0.29, 0.717) is 25.6 Å². The van der Waals surface area contributed by atoms with Crippen molar-refractivity contribution in [2.75, 3.05) is 26.2 Å². The van der Waals surface area contributed by atoms with E-state index in [1.54, 1.807) is 9.80 Å². The van der Waals surface area contributed by atoms with Gasteiger partial charge >= 0.3 is 0 Å². The minimum absolute atomic E-state index is 0.123. The summed E-state index contributed by atoms with van der Waals surface area (Å²) in [6, 6.07) is -0.905. The molecule has 24 heavy (non-hydrogen) atoms. The highest BCUT2D eigenvalue weighted by Gasteiger charge is 2.53. The molecule has 0 aromatic carbocycles. The number of likely N-dealkylation sites (tertiary alicyclic amines) is 2. The zero-order chi connectivity index (χ0) is 17.5. The molecule has 0 aromatic heterocycles. The molecular weight excluding hydrogens is 316 g/mol. The van der Waals surface area contributed by atoms with E-state index in [2.05, 4.69) is 19.2 Å². The molecule has 1 N–H and O–H groups in total. The molecule has 3 rings (SSSR count). The maximum Gasteiger partial charge on any atom is 0.262 e. The predicted molar refractivity (Wildman–Crippen MR) is 85.6 cm³/mol. The fourth-order valence-electron chi connectivity index (χ4n) is 3.50. The molecule has 0 bridgehead atoms. The molecule has 2 saturated heterocycles.